The van der Waals surface area contributed by atoms with Crippen molar-refractivity contribution in [2.24, 2.45) is 10.9 Å². The minimum Gasteiger partial charge on any atom is -0.466 e. The lowest BCUT2D eigenvalue weighted by Crippen LogP contribution is -2.46. The monoisotopic (exact) mass is 279 g/mol. The number of ether oxygens (including phenoxy) is 1. The van der Waals surface area contributed by atoms with Gasteiger partial charge in [-0.15, -0.1) is 0 Å². The normalized spacial score (nSPS) is 21.0. The molecule has 0 aromatic heterocycles. The van der Waals surface area contributed by atoms with Gasteiger partial charge >= 0.3 is 5.97 Å². The summed E-state index contributed by atoms with van der Waals surface area (Å²) >= 11 is 0. The highest BCUT2D eigenvalue weighted by atomic mass is 16.7. The Bertz CT molecular complexity index is 569. The van der Waals surface area contributed by atoms with Crippen LogP contribution in [-0.4, -0.2) is 35.9 Å². The number of carbonyl (C=O) groups excluding carboxylic acids is 1. The van der Waals surface area contributed by atoms with Crippen LogP contribution in [0.25, 0.3) is 0 Å². The van der Waals surface area contributed by atoms with Crippen LogP contribution < -0.4 is 5.73 Å². The van der Waals surface area contributed by atoms with E-state index in [-0.39, 0.29) is 18.7 Å². The lowest BCUT2D eigenvalue weighted by molar-refractivity contribution is -0.384. The van der Waals surface area contributed by atoms with Crippen LogP contribution in [0.2, 0.25) is 0 Å². The van der Waals surface area contributed by atoms with Gasteiger partial charge in [0.15, 0.2) is 0 Å². The quantitative estimate of drug-likeness (QED) is 0.489. The number of carbonyl (C=O) groups is 1. The Balaban J connectivity index is 2.20. The number of nitrogens with zero attached hydrogens (tertiary/aromatic N) is 2. The van der Waals surface area contributed by atoms with E-state index >= 15 is 0 Å². The fourth-order valence-corrected chi connectivity index (χ4v) is 1.90. The van der Waals surface area contributed by atoms with Crippen molar-refractivity contribution < 1.29 is 19.3 Å². The molecular formula is C12H13N3O5. The molecule has 1 atom stereocenters. The summed E-state index contributed by atoms with van der Waals surface area (Å²) in [5.41, 5.74) is 5.36. The number of hydrogen-bond acceptors (Lipinski definition) is 7. The molecule has 0 spiro atoms. The number of rotatable bonds is 4. The molecule has 1 unspecified atom stereocenters. The van der Waals surface area contributed by atoms with Gasteiger partial charge in [-0.25, -0.2) is 4.79 Å². The van der Waals surface area contributed by atoms with Crippen molar-refractivity contribution in [3.8, 4) is 0 Å². The molecule has 0 amide bonds. The van der Waals surface area contributed by atoms with Crippen molar-refractivity contribution in [3.05, 3.63) is 39.9 Å². The molecule has 2 rings (SSSR count). The zero-order chi connectivity index (χ0) is 14.8. The van der Waals surface area contributed by atoms with Crippen LogP contribution in [0.15, 0.2) is 29.4 Å². The van der Waals surface area contributed by atoms with Crippen LogP contribution in [0.3, 0.4) is 0 Å². The van der Waals surface area contributed by atoms with Gasteiger partial charge in [0.1, 0.15) is 0 Å². The van der Waals surface area contributed by atoms with Gasteiger partial charge in [0.05, 0.1) is 17.7 Å². The first kappa shape index (κ1) is 13.9. The Kier molecular flexibility index (Phi) is 3.66. The van der Waals surface area contributed by atoms with Crippen LogP contribution >= 0.6 is 0 Å². The van der Waals surface area contributed by atoms with Gasteiger partial charge in [0, 0.05) is 25.1 Å². The highest BCUT2D eigenvalue weighted by Crippen LogP contribution is 2.28. The van der Waals surface area contributed by atoms with E-state index in [2.05, 4.69) is 9.89 Å². The first-order valence-corrected chi connectivity index (χ1v) is 5.81. The lowest BCUT2D eigenvalue weighted by Gasteiger charge is -2.21. The Labute approximate surface area is 114 Å². The van der Waals surface area contributed by atoms with E-state index in [1.54, 1.807) is 12.1 Å². The van der Waals surface area contributed by atoms with E-state index in [4.69, 9.17) is 10.6 Å². The minimum atomic E-state index is -1.31. The van der Waals surface area contributed by atoms with Crippen molar-refractivity contribution in [3.63, 3.8) is 0 Å². The molecule has 1 heterocycles. The Morgan fingerprint density at radius 2 is 2.20 bits per heavy atom. The van der Waals surface area contributed by atoms with Crippen molar-refractivity contribution in [2.45, 2.75) is 12.0 Å². The van der Waals surface area contributed by atoms with E-state index < -0.39 is 16.5 Å². The van der Waals surface area contributed by atoms with E-state index in [1.165, 1.54) is 19.2 Å². The molecule has 0 saturated carbocycles. The fraction of sp³-hybridized carbons (Fsp3) is 0.333. The molecule has 0 aliphatic carbocycles. The maximum atomic E-state index is 11.7. The van der Waals surface area contributed by atoms with Crippen molar-refractivity contribution in [1.82, 2.24) is 0 Å². The Morgan fingerprint density at radius 1 is 1.55 bits per heavy atom. The summed E-state index contributed by atoms with van der Waals surface area (Å²) in [5, 5.41) is 14.4. The zero-order valence-corrected chi connectivity index (χ0v) is 10.7. The summed E-state index contributed by atoms with van der Waals surface area (Å²) in [6.45, 7) is -0.0698. The molecule has 8 nitrogen and oxygen atoms in total. The van der Waals surface area contributed by atoms with Crippen molar-refractivity contribution in [1.29, 1.82) is 0 Å². The summed E-state index contributed by atoms with van der Waals surface area (Å²) in [7, 11) is 1.24. The van der Waals surface area contributed by atoms with Gasteiger partial charge < -0.3 is 15.3 Å². The molecule has 20 heavy (non-hydrogen) atoms. The predicted octanol–water partition coefficient (Wildman–Crippen LogP) is 0.590. The topological polar surface area (TPSA) is 117 Å². The Hall–Kier alpha value is -2.48. The van der Waals surface area contributed by atoms with Gasteiger partial charge in [0.25, 0.3) is 11.3 Å². The smallest absolute Gasteiger partial charge is 0.354 e. The number of non-ortho nitro benzene ring substituents is 1. The van der Waals surface area contributed by atoms with Crippen LogP contribution in [0, 0.1) is 10.1 Å². The van der Waals surface area contributed by atoms with Gasteiger partial charge in [-0.05, 0) is 17.7 Å². The maximum Gasteiger partial charge on any atom is 0.354 e. The average Bonchev–Trinajstić information content (AvgIpc) is 2.92. The zero-order valence-electron chi connectivity index (χ0n) is 10.7. The summed E-state index contributed by atoms with van der Waals surface area (Å²) in [6.07, 6.45) is 0.161. The minimum absolute atomic E-state index is 0.0219. The van der Waals surface area contributed by atoms with E-state index in [0.717, 1.165) is 0 Å². The second-order valence-corrected chi connectivity index (χ2v) is 4.30. The fourth-order valence-electron chi connectivity index (χ4n) is 1.90. The van der Waals surface area contributed by atoms with Crippen molar-refractivity contribution >= 4 is 17.4 Å². The number of benzene rings is 1. The van der Waals surface area contributed by atoms with E-state index in [0.29, 0.717) is 11.3 Å². The first-order chi connectivity index (χ1) is 9.52. The largest absolute Gasteiger partial charge is 0.466 e. The first-order valence-electron chi connectivity index (χ1n) is 5.81. The molecule has 2 N–H and O–H groups in total. The molecule has 106 valence electrons. The van der Waals surface area contributed by atoms with Crippen molar-refractivity contribution in [2.75, 3.05) is 13.7 Å². The summed E-state index contributed by atoms with van der Waals surface area (Å²) < 4.78 is 4.66. The Morgan fingerprint density at radius 3 is 2.70 bits per heavy atom. The second-order valence-electron chi connectivity index (χ2n) is 4.30. The number of nitro groups is 1. The van der Waals surface area contributed by atoms with Crippen LogP contribution in [-0.2, 0) is 14.4 Å². The summed E-state index contributed by atoms with van der Waals surface area (Å²) in [6, 6.07) is 5.81. The number of methoxy groups -OCH3 is 1. The molecule has 0 fully saturated rings. The highest BCUT2D eigenvalue weighted by Gasteiger charge is 2.47. The molecule has 1 aliphatic heterocycles. The molecular weight excluding hydrogens is 266 g/mol. The number of nitrogens with two attached hydrogens (primary N) is 1. The molecule has 0 radical (unpaired) electrons. The van der Waals surface area contributed by atoms with Gasteiger partial charge in [-0.3, -0.25) is 10.1 Å². The summed E-state index contributed by atoms with van der Waals surface area (Å²) in [4.78, 5) is 26.9. The number of nitro benzene ring substituents is 1. The average molecular weight is 279 g/mol. The van der Waals surface area contributed by atoms with E-state index in [9.17, 15) is 14.9 Å². The SMILES string of the molecule is COC(=O)C1(CN)CC(c2ccc([N+](=O)[O-])cc2)=NO1. The standard InChI is InChI=1S/C12H13N3O5/c1-19-11(16)12(7-13)6-10(14-20-12)8-2-4-9(5-3-8)15(17)18/h2-5H,6-7,13H2,1H3. The lowest BCUT2D eigenvalue weighted by atomic mass is 9.94. The predicted molar refractivity (Wildman–Crippen MR) is 69.1 cm³/mol. The molecule has 1 aromatic carbocycles. The summed E-state index contributed by atoms with van der Waals surface area (Å²) in [5.74, 6) is -0.597. The van der Waals surface area contributed by atoms with Gasteiger partial charge in [0.2, 0.25) is 0 Å². The molecule has 8 heteroatoms. The maximum absolute atomic E-state index is 11.7. The number of hydrogen-bond donors (Lipinski definition) is 1. The number of oxime groups is 1. The van der Waals surface area contributed by atoms with Crippen LogP contribution in [0.5, 0.6) is 0 Å². The molecule has 0 saturated heterocycles. The third-order valence-electron chi connectivity index (χ3n) is 3.08. The second kappa shape index (κ2) is 5.25. The van der Waals surface area contributed by atoms with Gasteiger partial charge in [-0.1, -0.05) is 5.16 Å². The molecule has 0 bridgehead atoms. The molecule has 1 aromatic rings. The molecule has 1 aliphatic rings. The van der Waals surface area contributed by atoms with E-state index in [1.807, 2.05) is 0 Å². The van der Waals surface area contributed by atoms with Crippen LogP contribution in [0.1, 0.15) is 12.0 Å². The van der Waals surface area contributed by atoms with Gasteiger partial charge in [-0.2, -0.15) is 0 Å². The van der Waals surface area contributed by atoms with Crippen LogP contribution in [0.4, 0.5) is 5.69 Å². The number of esters is 1. The third kappa shape index (κ3) is 2.32. The highest BCUT2D eigenvalue weighted by molar-refractivity contribution is 6.04. The third-order valence-corrected chi connectivity index (χ3v) is 3.08.